The van der Waals surface area contributed by atoms with E-state index in [0.29, 0.717) is 0 Å². The molecule has 0 bridgehead atoms. The number of unbranched alkanes of at least 4 members (excludes halogenated alkanes) is 1. The lowest BCUT2D eigenvalue weighted by atomic mass is 9.78. The molecule has 0 radical (unpaired) electrons. The second kappa shape index (κ2) is 8.57. The molecule has 124 valence electrons. The van der Waals surface area contributed by atoms with Gasteiger partial charge < -0.3 is 10.1 Å². The quantitative estimate of drug-likeness (QED) is 0.761. The van der Waals surface area contributed by atoms with Gasteiger partial charge in [-0.2, -0.15) is 0 Å². The molecule has 2 N–H and O–H groups in total. The highest BCUT2D eigenvalue weighted by Crippen LogP contribution is 2.27. The van der Waals surface area contributed by atoms with Crippen LogP contribution in [0.4, 0.5) is 0 Å². The maximum Gasteiger partial charge on any atom is 0.122 e. The molecule has 2 nitrogen and oxygen atoms in total. The summed E-state index contributed by atoms with van der Waals surface area (Å²) in [4.78, 5) is 0. The summed E-state index contributed by atoms with van der Waals surface area (Å²) in [6.45, 7) is 11.2. The van der Waals surface area contributed by atoms with Crippen molar-refractivity contribution in [2.75, 3.05) is 13.2 Å². The standard InChI is InChI=1S/C20H33NO/c1-15-10-11-20(17(3)14-15)22-13-6-5-12-21-19-9-7-8-16(2)18(19)4/h10-11,14,16,18-19,21H,5-9,12-13H2,1-4H3/p+1/t16-,18+,19-/m1/s1. The van der Waals surface area contributed by atoms with Crippen molar-refractivity contribution in [2.24, 2.45) is 11.8 Å². The van der Waals surface area contributed by atoms with Gasteiger partial charge in [-0.3, -0.25) is 0 Å². The van der Waals surface area contributed by atoms with Crippen LogP contribution in [0.15, 0.2) is 18.2 Å². The van der Waals surface area contributed by atoms with Gasteiger partial charge in [0.1, 0.15) is 5.75 Å². The molecule has 1 aromatic carbocycles. The Hall–Kier alpha value is -1.02. The number of rotatable bonds is 7. The molecule has 0 amide bonds. The molecule has 3 atom stereocenters. The molecule has 0 aromatic heterocycles. The van der Waals surface area contributed by atoms with Crippen molar-refractivity contribution in [3.8, 4) is 5.75 Å². The van der Waals surface area contributed by atoms with Crippen LogP contribution in [0.25, 0.3) is 0 Å². The smallest absolute Gasteiger partial charge is 0.122 e. The van der Waals surface area contributed by atoms with Crippen LogP contribution in [0.2, 0.25) is 0 Å². The normalized spacial score (nSPS) is 25.2. The third-order valence-electron chi connectivity index (χ3n) is 5.43. The van der Waals surface area contributed by atoms with Gasteiger partial charge in [0.05, 0.1) is 19.2 Å². The lowest BCUT2D eigenvalue weighted by molar-refractivity contribution is -0.699. The van der Waals surface area contributed by atoms with Crippen molar-refractivity contribution in [3.05, 3.63) is 29.3 Å². The molecule has 0 aliphatic heterocycles. The van der Waals surface area contributed by atoms with Crippen LogP contribution in [0.3, 0.4) is 0 Å². The van der Waals surface area contributed by atoms with Crippen LogP contribution in [0.1, 0.15) is 57.1 Å². The first-order chi connectivity index (χ1) is 10.6. The molecule has 2 heteroatoms. The van der Waals surface area contributed by atoms with Crippen molar-refractivity contribution in [1.29, 1.82) is 0 Å². The summed E-state index contributed by atoms with van der Waals surface area (Å²) >= 11 is 0. The van der Waals surface area contributed by atoms with E-state index in [2.05, 4.69) is 51.2 Å². The van der Waals surface area contributed by atoms with Gasteiger partial charge in [0.15, 0.2) is 0 Å². The first-order valence-electron chi connectivity index (χ1n) is 9.11. The Bertz CT molecular complexity index is 457. The molecular formula is C20H34NO+. The number of benzene rings is 1. The van der Waals surface area contributed by atoms with Crippen molar-refractivity contribution in [3.63, 3.8) is 0 Å². The maximum absolute atomic E-state index is 5.91. The van der Waals surface area contributed by atoms with Crippen molar-refractivity contribution < 1.29 is 10.1 Å². The second-order valence-electron chi connectivity index (χ2n) is 7.28. The summed E-state index contributed by atoms with van der Waals surface area (Å²) in [5, 5.41) is 2.59. The summed E-state index contributed by atoms with van der Waals surface area (Å²) in [6, 6.07) is 7.27. The third-order valence-corrected chi connectivity index (χ3v) is 5.43. The predicted molar refractivity (Wildman–Crippen MR) is 93.4 cm³/mol. The molecule has 1 aliphatic rings. The molecule has 0 saturated heterocycles. The van der Waals surface area contributed by atoms with Crippen LogP contribution < -0.4 is 10.1 Å². The van der Waals surface area contributed by atoms with Crippen molar-refractivity contribution in [1.82, 2.24) is 0 Å². The van der Waals surface area contributed by atoms with Crippen LogP contribution in [-0.2, 0) is 0 Å². The molecule has 0 spiro atoms. The van der Waals surface area contributed by atoms with Crippen LogP contribution >= 0.6 is 0 Å². The van der Waals surface area contributed by atoms with E-state index < -0.39 is 0 Å². The SMILES string of the molecule is Cc1ccc(OCCCC[NH2+][C@@H]2CCC[C@@H](C)[C@@H]2C)c(C)c1. The lowest BCUT2D eigenvalue weighted by Crippen LogP contribution is -2.92. The highest BCUT2D eigenvalue weighted by atomic mass is 16.5. The monoisotopic (exact) mass is 304 g/mol. The molecule has 2 rings (SSSR count). The first-order valence-corrected chi connectivity index (χ1v) is 9.11. The molecule has 22 heavy (non-hydrogen) atoms. The molecule has 0 heterocycles. The fourth-order valence-electron chi connectivity index (χ4n) is 3.68. The zero-order valence-electron chi connectivity index (χ0n) is 14.9. The average Bonchev–Trinajstić information content (AvgIpc) is 2.48. The maximum atomic E-state index is 5.91. The predicted octanol–water partition coefficient (Wildman–Crippen LogP) is 3.85. The summed E-state index contributed by atoms with van der Waals surface area (Å²) in [5.74, 6) is 2.83. The lowest BCUT2D eigenvalue weighted by Gasteiger charge is -2.32. The summed E-state index contributed by atoms with van der Waals surface area (Å²) in [7, 11) is 0. The minimum absolute atomic E-state index is 0.842. The summed E-state index contributed by atoms with van der Waals surface area (Å²) < 4.78 is 5.91. The summed E-state index contributed by atoms with van der Waals surface area (Å²) in [5.41, 5.74) is 2.55. The van der Waals surface area contributed by atoms with Gasteiger partial charge in [0.2, 0.25) is 0 Å². The van der Waals surface area contributed by atoms with E-state index in [1.807, 2.05) is 0 Å². The second-order valence-corrected chi connectivity index (χ2v) is 7.28. The molecular weight excluding hydrogens is 270 g/mol. The molecule has 1 aromatic rings. The highest BCUT2D eigenvalue weighted by Gasteiger charge is 2.29. The van der Waals surface area contributed by atoms with Crippen molar-refractivity contribution in [2.45, 2.75) is 65.8 Å². The Balaban J connectivity index is 1.59. The Morgan fingerprint density at radius 1 is 1.14 bits per heavy atom. The van der Waals surface area contributed by atoms with Gasteiger partial charge in [-0.15, -0.1) is 0 Å². The fraction of sp³-hybridized carbons (Fsp3) is 0.700. The minimum atomic E-state index is 0.842. The largest absolute Gasteiger partial charge is 0.493 e. The van der Waals surface area contributed by atoms with Crippen molar-refractivity contribution >= 4 is 0 Å². The van der Waals surface area contributed by atoms with Gasteiger partial charge in [-0.25, -0.2) is 0 Å². The summed E-state index contributed by atoms with van der Waals surface area (Å²) in [6.07, 6.45) is 6.66. The van der Waals surface area contributed by atoms with Gasteiger partial charge in [0, 0.05) is 5.92 Å². The number of hydrogen-bond donors (Lipinski definition) is 1. The van der Waals surface area contributed by atoms with Gasteiger partial charge in [-0.1, -0.05) is 31.5 Å². The van der Waals surface area contributed by atoms with E-state index >= 15 is 0 Å². The molecule has 1 aliphatic carbocycles. The zero-order valence-corrected chi connectivity index (χ0v) is 14.9. The van der Waals surface area contributed by atoms with E-state index in [-0.39, 0.29) is 0 Å². The van der Waals surface area contributed by atoms with E-state index in [1.54, 1.807) is 0 Å². The number of quaternary nitrogens is 1. The Morgan fingerprint density at radius 2 is 1.95 bits per heavy atom. The zero-order chi connectivity index (χ0) is 15.9. The molecule has 1 fully saturated rings. The Morgan fingerprint density at radius 3 is 2.73 bits per heavy atom. The average molecular weight is 304 g/mol. The topological polar surface area (TPSA) is 25.8 Å². The Labute approximate surface area is 136 Å². The van der Waals surface area contributed by atoms with Crippen LogP contribution in [0.5, 0.6) is 5.75 Å². The van der Waals surface area contributed by atoms with Gasteiger partial charge >= 0.3 is 0 Å². The van der Waals surface area contributed by atoms with Crippen LogP contribution in [0, 0.1) is 25.7 Å². The third kappa shape index (κ3) is 5.01. The molecule has 0 unspecified atom stereocenters. The van der Waals surface area contributed by atoms with E-state index in [4.69, 9.17) is 4.74 Å². The fourth-order valence-corrected chi connectivity index (χ4v) is 3.68. The van der Waals surface area contributed by atoms with E-state index in [9.17, 15) is 0 Å². The number of ether oxygens (including phenoxy) is 1. The number of nitrogens with two attached hydrogens (primary N) is 1. The van der Waals surface area contributed by atoms with E-state index in [1.165, 1.54) is 43.4 Å². The van der Waals surface area contributed by atoms with Gasteiger partial charge in [-0.05, 0) is 63.5 Å². The van der Waals surface area contributed by atoms with E-state index in [0.717, 1.165) is 36.7 Å². The minimum Gasteiger partial charge on any atom is -0.493 e. The highest BCUT2D eigenvalue weighted by molar-refractivity contribution is 5.35. The number of aryl methyl sites for hydroxylation is 2. The number of hydrogen-bond acceptors (Lipinski definition) is 1. The van der Waals surface area contributed by atoms with Crippen LogP contribution in [-0.4, -0.2) is 19.2 Å². The first kappa shape index (κ1) is 17.3. The molecule has 1 saturated carbocycles. The van der Waals surface area contributed by atoms with Gasteiger partial charge in [0.25, 0.3) is 0 Å². The Kier molecular flexibility index (Phi) is 6.75.